The second-order valence-corrected chi connectivity index (χ2v) is 6.16. The van der Waals surface area contributed by atoms with Crippen LogP contribution in [-0.4, -0.2) is 26.8 Å². The first-order valence-electron chi connectivity index (χ1n) is 7.22. The van der Waals surface area contributed by atoms with Gasteiger partial charge in [-0.05, 0) is 41.3 Å². The number of halogens is 2. The summed E-state index contributed by atoms with van der Waals surface area (Å²) in [7, 11) is 0. The molecule has 0 spiro atoms. The third kappa shape index (κ3) is 3.30. The monoisotopic (exact) mass is 325 g/mol. The van der Waals surface area contributed by atoms with Crippen molar-refractivity contribution in [2.75, 3.05) is 11.9 Å². The highest BCUT2D eigenvalue weighted by atomic mass is 35.5. The maximum absolute atomic E-state index is 6.23. The lowest BCUT2D eigenvalue weighted by Crippen LogP contribution is -2.19. The fourth-order valence-corrected chi connectivity index (χ4v) is 3.12. The molecule has 0 bridgehead atoms. The van der Waals surface area contributed by atoms with E-state index in [2.05, 4.69) is 20.8 Å². The van der Waals surface area contributed by atoms with Gasteiger partial charge < -0.3 is 5.32 Å². The average molecular weight is 326 g/mol. The Bertz CT molecular complexity index is 607. The molecule has 21 heavy (non-hydrogen) atoms. The Morgan fingerprint density at radius 3 is 2.81 bits per heavy atom. The zero-order chi connectivity index (χ0) is 14.7. The Labute approximate surface area is 133 Å². The standard InChI is InChI=1S/C14H17Cl2N5/c15-11-7-4-8-12(13(11)16)21-14(18-19-20-21)17-9-10-5-2-1-3-6-10/h4,7-8,10H,1-3,5-6,9H2,(H,17,18,20). The van der Waals surface area contributed by atoms with Crippen molar-refractivity contribution in [3.8, 4) is 5.69 Å². The van der Waals surface area contributed by atoms with Crippen molar-refractivity contribution in [3.05, 3.63) is 28.2 Å². The third-order valence-corrected chi connectivity index (χ3v) is 4.71. The lowest BCUT2D eigenvalue weighted by molar-refractivity contribution is 0.373. The molecule has 1 saturated carbocycles. The molecule has 3 rings (SSSR count). The molecule has 0 aliphatic heterocycles. The van der Waals surface area contributed by atoms with Gasteiger partial charge in [0.1, 0.15) is 0 Å². The molecule has 0 saturated heterocycles. The Balaban J connectivity index is 1.76. The summed E-state index contributed by atoms with van der Waals surface area (Å²) < 4.78 is 1.59. The molecule has 5 nitrogen and oxygen atoms in total. The van der Waals surface area contributed by atoms with Gasteiger partial charge in [0.05, 0.1) is 15.7 Å². The smallest absolute Gasteiger partial charge is 0.247 e. The van der Waals surface area contributed by atoms with E-state index in [0.717, 1.165) is 6.54 Å². The van der Waals surface area contributed by atoms with Gasteiger partial charge in [-0.3, -0.25) is 0 Å². The van der Waals surface area contributed by atoms with Crippen LogP contribution in [0.5, 0.6) is 0 Å². The van der Waals surface area contributed by atoms with Crippen LogP contribution in [0.15, 0.2) is 18.2 Å². The van der Waals surface area contributed by atoms with Crippen LogP contribution in [0.2, 0.25) is 10.0 Å². The predicted octanol–water partition coefficient (Wildman–Crippen LogP) is 3.96. The maximum Gasteiger partial charge on any atom is 0.247 e. The van der Waals surface area contributed by atoms with Crippen LogP contribution in [0.4, 0.5) is 5.95 Å². The van der Waals surface area contributed by atoms with E-state index in [9.17, 15) is 0 Å². The molecule has 7 heteroatoms. The average Bonchev–Trinajstić information content (AvgIpc) is 2.97. The first-order valence-corrected chi connectivity index (χ1v) is 7.98. The van der Waals surface area contributed by atoms with Crippen molar-refractivity contribution < 1.29 is 0 Å². The molecule has 0 amide bonds. The van der Waals surface area contributed by atoms with E-state index in [4.69, 9.17) is 23.2 Å². The van der Waals surface area contributed by atoms with E-state index >= 15 is 0 Å². The van der Waals surface area contributed by atoms with Crippen molar-refractivity contribution in [1.29, 1.82) is 0 Å². The largest absolute Gasteiger partial charge is 0.352 e. The summed E-state index contributed by atoms with van der Waals surface area (Å²) in [5.74, 6) is 1.29. The number of anilines is 1. The number of tetrazole rings is 1. The van der Waals surface area contributed by atoms with Crippen molar-refractivity contribution in [3.63, 3.8) is 0 Å². The summed E-state index contributed by atoms with van der Waals surface area (Å²) >= 11 is 12.3. The number of benzene rings is 1. The van der Waals surface area contributed by atoms with Crippen molar-refractivity contribution in [2.45, 2.75) is 32.1 Å². The molecular weight excluding hydrogens is 309 g/mol. The molecule has 1 N–H and O–H groups in total. The number of nitrogens with one attached hydrogen (secondary N) is 1. The van der Waals surface area contributed by atoms with Crippen LogP contribution >= 0.6 is 23.2 Å². The predicted molar refractivity (Wildman–Crippen MR) is 84.2 cm³/mol. The lowest BCUT2D eigenvalue weighted by atomic mass is 9.89. The van der Waals surface area contributed by atoms with Crippen molar-refractivity contribution in [2.24, 2.45) is 5.92 Å². The van der Waals surface area contributed by atoms with Crippen LogP contribution in [0, 0.1) is 5.92 Å². The van der Waals surface area contributed by atoms with Crippen LogP contribution in [0.1, 0.15) is 32.1 Å². The minimum atomic E-state index is 0.451. The maximum atomic E-state index is 6.23. The van der Waals surface area contributed by atoms with Gasteiger partial charge in [-0.25, -0.2) is 0 Å². The fraction of sp³-hybridized carbons (Fsp3) is 0.500. The van der Waals surface area contributed by atoms with Crippen molar-refractivity contribution >= 4 is 29.2 Å². The molecule has 1 aromatic carbocycles. The van der Waals surface area contributed by atoms with E-state index < -0.39 is 0 Å². The zero-order valence-electron chi connectivity index (χ0n) is 11.6. The number of nitrogens with zero attached hydrogens (tertiary/aromatic N) is 4. The quantitative estimate of drug-likeness (QED) is 0.924. The summed E-state index contributed by atoms with van der Waals surface area (Å²) in [6, 6.07) is 5.42. The molecular formula is C14H17Cl2N5. The molecule has 1 heterocycles. The van der Waals surface area contributed by atoms with E-state index in [1.165, 1.54) is 32.1 Å². The van der Waals surface area contributed by atoms with E-state index in [-0.39, 0.29) is 0 Å². The van der Waals surface area contributed by atoms with Crippen molar-refractivity contribution in [1.82, 2.24) is 20.2 Å². The molecule has 0 atom stereocenters. The molecule has 0 radical (unpaired) electrons. The van der Waals surface area contributed by atoms with Crippen LogP contribution in [-0.2, 0) is 0 Å². The highest BCUT2D eigenvalue weighted by Crippen LogP contribution is 2.29. The van der Waals surface area contributed by atoms with Crippen LogP contribution in [0.3, 0.4) is 0 Å². The minimum Gasteiger partial charge on any atom is -0.352 e. The van der Waals surface area contributed by atoms with E-state index in [1.54, 1.807) is 10.7 Å². The molecule has 0 unspecified atom stereocenters. The molecule has 2 aromatic rings. The summed E-state index contributed by atoms with van der Waals surface area (Å²) in [6.45, 7) is 0.887. The van der Waals surface area contributed by atoms with Gasteiger partial charge in [-0.2, -0.15) is 4.68 Å². The van der Waals surface area contributed by atoms with Gasteiger partial charge in [0.15, 0.2) is 0 Å². The number of rotatable bonds is 4. The summed E-state index contributed by atoms with van der Waals surface area (Å²) in [5, 5.41) is 16.0. The highest BCUT2D eigenvalue weighted by Gasteiger charge is 2.16. The molecule has 1 fully saturated rings. The Morgan fingerprint density at radius 1 is 1.19 bits per heavy atom. The second kappa shape index (κ2) is 6.62. The molecule has 1 aromatic heterocycles. The number of hydrogen-bond acceptors (Lipinski definition) is 4. The van der Waals surface area contributed by atoms with Gasteiger partial charge >= 0.3 is 0 Å². The summed E-state index contributed by atoms with van der Waals surface area (Å²) in [4.78, 5) is 0. The third-order valence-electron chi connectivity index (χ3n) is 3.90. The Kier molecular flexibility index (Phi) is 4.60. The van der Waals surface area contributed by atoms with Gasteiger partial charge in [-0.1, -0.05) is 53.6 Å². The molecule has 1 aliphatic rings. The first kappa shape index (κ1) is 14.6. The Morgan fingerprint density at radius 2 is 2.00 bits per heavy atom. The topological polar surface area (TPSA) is 55.6 Å². The molecule has 112 valence electrons. The van der Waals surface area contributed by atoms with Gasteiger partial charge in [0.2, 0.25) is 5.95 Å². The van der Waals surface area contributed by atoms with Gasteiger partial charge in [0, 0.05) is 6.54 Å². The van der Waals surface area contributed by atoms with Gasteiger partial charge in [-0.15, -0.1) is 0 Å². The highest BCUT2D eigenvalue weighted by molar-refractivity contribution is 6.43. The number of hydrogen-bond donors (Lipinski definition) is 1. The number of aromatic nitrogens is 4. The summed E-state index contributed by atoms with van der Waals surface area (Å²) in [5.41, 5.74) is 0.681. The minimum absolute atomic E-state index is 0.451. The Hall–Kier alpha value is -1.33. The first-order chi connectivity index (χ1) is 10.3. The van der Waals surface area contributed by atoms with Gasteiger partial charge in [0.25, 0.3) is 0 Å². The second-order valence-electron chi connectivity index (χ2n) is 5.37. The summed E-state index contributed by atoms with van der Waals surface area (Å²) in [6.07, 6.45) is 6.53. The normalized spacial score (nSPS) is 16.1. The van der Waals surface area contributed by atoms with Crippen LogP contribution in [0.25, 0.3) is 5.69 Å². The lowest BCUT2D eigenvalue weighted by Gasteiger charge is -2.21. The zero-order valence-corrected chi connectivity index (χ0v) is 13.1. The van der Waals surface area contributed by atoms with E-state index in [1.807, 2.05) is 12.1 Å². The SMILES string of the molecule is Clc1cccc(-n2nnnc2NCC2CCCCC2)c1Cl. The van der Waals surface area contributed by atoms with E-state index in [0.29, 0.717) is 27.6 Å². The van der Waals surface area contributed by atoms with Crippen LogP contribution < -0.4 is 5.32 Å². The fourth-order valence-electron chi connectivity index (χ4n) is 2.74. The molecule has 1 aliphatic carbocycles.